The van der Waals surface area contributed by atoms with Gasteiger partial charge in [-0.25, -0.2) is 0 Å². The fraction of sp³-hybridized carbons (Fsp3) is 0.938. The van der Waals surface area contributed by atoms with Gasteiger partial charge < -0.3 is 15.7 Å². The lowest BCUT2D eigenvalue weighted by atomic mass is 9.79. The molecule has 1 atom stereocenters. The predicted molar refractivity (Wildman–Crippen MR) is 94.2 cm³/mol. The molecule has 1 aliphatic heterocycles. The van der Waals surface area contributed by atoms with Gasteiger partial charge in [-0.05, 0) is 50.2 Å². The highest BCUT2D eigenvalue weighted by Crippen LogP contribution is 2.30. The highest BCUT2D eigenvalue weighted by Gasteiger charge is 2.25. The lowest BCUT2D eigenvalue weighted by molar-refractivity contribution is 0.175. The van der Waals surface area contributed by atoms with Crippen LogP contribution in [0.3, 0.4) is 0 Å². The maximum Gasteiger partial charge on any atom is 0.191 e. The third-order valence-electron chi connectivity index (χ3n) is 4.58. The Morgan fingerprint density at radius 2 is 2.05 bits per heavy atom. The van der Waals surface area contributed by atoms with Gasteiger partial charge in [0.1, 0.15) is 0 Å². The van der Waals surface area contributed by atoms with Crippen LogP contribution in [-0.2, 0) is 0 Å². The number of nitrogens with one attached hydrogen (secondary N) is 2. The fourth-order valence-electron chi connectivity index (χ4n) is 2.75. The van der Waals surface area contributed by atoms with Crippen molar-refractivity contribution in [1.29, 1.82) is 0 Å². The molecule has 0 aromatic carbocycles. The zero-order chi connectivity index (χ0) is 15.6. The van der Waals surface area contributed by atoms with Gasteiger partial charge >= 0.3 is 0 Å². The van der Waals surface area contributed by atoms with E-state index in [1.165, 1.54) is 18.6 Å². The van der Waals surface area contributed by atoms with E-state index in [1.807, 2.05) is 0 Å². The first-order valence-corrected chi connectivity index (χ1v) is 9.49. The zero-order valence-electron chi connectivity index (χ0n) is 14.0. The molecule has 5 heteroatoms. The van der Waals surface area contributed by atoms with Crippen LogP contribution in [0, 0.1) is 5.41 Å². The largest absolute Gasteiger partial charge is 0.396 e. The zero-order valence-corrected chi connectivity index (χ0v) is 14.8. The smallest absolute Gasteiger partial charge is 0.191 e. The summed E-state index contributed by atoms with van der Waals surface area (Å²) in [6.07, 6.45) is 5.61. The van der Waals surface area contributed by atoms with E-state index in [1.54, 1.807) is 0 Å². The minimum atomic E-state index is 0.138. The van der Waals surface area contributed by atoms with Crippen LogP contribution in [-0.4, -0.2) is 48.3 Å². The van der Waals surface area contributed by atoms with E-state index < -0.39 is 0 Å². The number of thioether (sulfide) groups is 1. The molecule has 1 fully saturated rings. The summed E-state index contributed by atoms with van der Waals surface area (Å²) in [7, 11) is 0. The highest BCUT2D eigenvalue weighted by atomic mass is 32.2. The molecule has 1 rings (SSSR count). The molecule has 4 nitrogen and oxygen atoms in total. The Hall–Kier alpha value is -0.420. The summed E-state index contributed by atoms with van der Waals surface area (Å²) in [5, 5.41) is 16.8. The van der Waals surface area contributed by atoms with Gasteiger partial charge in [0.15, 0.2) is 5.96 Å². The Labute approximate surface area is 134 Å². The van der Waals surface area contributed by atoms with Crippen molar-refractivity contribution >= 4 is 17.7 Å². The summed E-state index contributed by atoms with van der Waals surface area (Å²) in [6, 6.07) is 0. The Balaban J connectivity index is 2.55. The van der Waals surface area contributed by atoms with Crippen molar-refractivity contribution in [2.75, 3.05) is 32.0 Å². The SMILES string of the molecule is CCNC(=NCC(CC)(CC)CCO)NCC1CCCS1. The van der Waals surface area contributed by atoms with E-state index in [0.29, 0.717) is 0 Å². The van der Waals surface area contributed by atoms with Gasteiger partial charge in [0.2, 0.25) is 0 Å². The lowest BCUT2D eigenvalue weighted by Crippen LogP contribution is -2.41. The number of aliphatic imine (C=N–C) groups is 1. The van der Waals surface area contributed by atoms with Gasteiger partial charge in [0.05, 0.1) is 0 Å². The highest BCUT2D eigenvalue weighted by molar-refractivity contribution is 8.00. The second kappa shape index (κ2) is 10.3. The van der Waals surface area contributed by atoms with Gasteiger partial charge in [-0.3, -0.25) is 4.99 Å². The van der Waals surface area contributed by atoms with Crippen LogP contribution in [0.15, 0.2) is 4.99 Å². The second-order valence-corrected chi connectivity index (χ2v) is 7.30. The van der Waals surface area contributed by atoms with E-state index in [2.05, 4.69) is 43.2 Å². The third kappa shape index (κ3) is 6.47. The Bertz CT molecular complexity index is 300. The average molecular weight is 316 g/mol. The van der Waals surface area contributed by atoms with E-state index >= 15 is 0 Å². The van der Waals surface area contributed by atoms with Crippen molar-refractivity contribution in [2.24, 2.45) is 10.4 Å². The van der Waals surface area contributed by atoms with E-state index in [-0.39, 0.29) is 12.0 Å². The average Bonchev–Trinajstić information content (AvgIpc) is 3.02. The number of aliphatic hydroxyl groups is 1. The topological polar surface area (TPSA) is 56.7 Å². The van der Waals surface area contributed by atoms with Crippen molar-refractivity contribution in [2.45, 2.75) is 58.1 Å². The maximum atomic E-state index is 9.30. The van der Waals surface area contributed by atoms with Crippen molar-refractivity contribution in [3.8, 4) is 0 Å². The molecule has 1 unspecified atom stereocenters. The lowest BCUT2D eigenvalue weighted by Gasteiger charge is -2.29. The van der Waals surface area contributed by atoms with Crippen molar-refractivity contribution < 1.29 is 5.11 Å². The third-order valence-corrected chi connectivity index (χ3v) is 5.98. The van der Waals surface area contributed by atoms with Crippen LogP contribution in [0.25, 0.3) is 0 Å². The summed E-state index contributed by atoms with van der Waals surface area (Å²) in [4.78, 5) is 4.78. The number of hydrogen-bond acceptors (Lipinski definition) is 3. The van der Waals surface area contributed by atoms with Crippen molar-refractivity contribution in [3.63, 3.8) is 0 Å². The summed E-state index contributed by atoms with van der Waals surface area (Å²) < 4.78 is 0. The molecule has 1 heterocycles. The number of hydrogen-bond donors (Lipinski definition) is 3. The summed E-state index contributed by atoms with van der Waals surface area (Å²) in [5.74, 6) is 2.22. The predicted octanol–water partition coefficient (Wildman–Crippen LogP) is 2.63. The first-order chi connectivity index (χ1) is 10.2. The molecule has 1 saturated heterocycles. The monoisotopic (exact) mass is 315 g/mol. The molecule has 0 amide bonds. The van der Waals surface area contributed by atoms with Gasteiger partial charge in [-0.15, -0.1) is 0 Å². The Kier molecular flexibility index (Phi) is 9.16. The number of aliphatic hydroxyl groups excluding tert-OH is 1. The van der Waals surface area contributed by atoms with Crippen molar-refractivity contribution in [3.05, 3.63) is 0 Å². The second-order valence-electron chi connectivity index (χ2n) is 5.89. The molecular weight excluding hydrogens is 282 g/mol. The van der Waals surface area contributed by atoms with E-state index in [0.717, 1.165) is 50.1 Å². The molecule has 0 radical (unpaired) electrons. The molecule has 0 spiro atoms. The molecular formula is C16H33N3OS. The fourth-order valence-corrected chi connectivity index (χ4v) is 3.95. The summed E-state index contributed by atoms with van der Waals surface area (Å²) in [6.45, 7) is 9.42. The Morgan fingerprint density at radius 3 is 2.57 bits per heavy atom. The minimum absolute atomic E-state index is 0.138. The molecule has 0 bridgehead atoms. The van der Waals surface area contributed by atoms with Crippen LogP contribution >= 0.6 is 11.8 Å². The molecule has 3 N–H and O–H groups in total. The van der Waals surface area contributed by atoms with Crippen LogP contribution in [0.4, 0.5) is 0 Å². The summed E-state index contributed by atoms with van der Waals surface area (Å²) >= 11 is 2.06. The van der Waals surface area contributed by atoms with Crippen LogP contribution in [0.5, 0.6) is 0 Å². The maximum absolute atomic E-state index is 9.30. The number of rotatable bonds is 9. The molecule has 0 aromatic heterocycles. The van der Waals surface area contributed by atoms with Crippen molar-refractivity contribution in [1.82, 2.24) is 10.6 Å². The van der Waals surface area contributed by atoms with Crippen LogP contribution in [0.1, 0.15) is 52.9 Å². The minimum Gasteiger partial charge on any atom is -0.396 e. The van der Waals surface area contributed by atoms with Gasteiger partial charge in [0.25, 0.3) is 0 Å². The number of guanidine groups is 1. The molecule has 0 aromatic rings. The Morgan fingerprint density at radius 1 is 1.29 bits per heavy atom. The normalized spacial score (nSPS) is 19.8. The first kappa shape index (κ1) is 18.6. The van der Waals surface area contributed by atoms with Gasteiger partial charge in [-0.2, -0.15) is 11.8 Å². The first-order valence-electron chi connectivity index (χ1n) is 8.44. The summed E-state index contributed by atoms with van der Waals surface area (Å²) in [5.41, 5.74) is 0.138. The molecule has 124 valence electrons. The van der Waals surface area contributed by atoms with Crippen LogP contribution in [0.2, 0.25) is 0 Å². The molecule has 21 heavy (non-hydrogen) atoms. The molecule has 1 aliphatic rings. The standard InChI is InChI=1S/C16H33N3OS/c1-4-16(5-2,9-10-20)13-19-15(17-6-3)18-12-14-8-7-11-21-14/h14,20H,4-13H2,1-3H3,(H2,17,18,19). The van der Waals surface area contributed by atoms with Gasteiger partial charge in [-0.1, -0.05) is 13.8 Å². The van der Waals surface area contributed by atoms with E-state index in [4.69, 9.17) is 4.99 Å². The molecule has 0 saturated carbocycles. The number of nitrogens with zero attached hydrogens (tertiary/aromatic N) is 1. The van der Waals surface area contributed by atoms with Crippen LogP contribution < -0.4 is 10.6 Å². The van der Waals surface area contributed by atoms with Gasteiger partial charge in [0, 0.05) is 31.5 Å². The quantitative estimate of drug-likeness (QED) is 0.452. The molecule has 0 aliphatic carbocycles. The van der Waals surface area contributed by atoms with E-state index in [9.17, 15) is 5.11 Å².